The highest BCUT2D eigenvalue weighted by Crippen LogP contribution is 2.38. The molecule has 2 heterocycles. The lowest BCUT2D eigenvalue weighted by atomic mass is 9.98. The lowest BCUT2D eigenvalue weighted by Gasteiger charge is -2.34. The van der Waals surface area contributed by atoms with E-state index in [0.29, 0.717) is 70.7 Å². The average Bonchev–Trinajstić information content (AvgIpc) is 4.08. The summed E-state index contributed by atoms with van der Waals surface area (Å²) in [6, 6.07) is -12.2. The molecule has 2 aliphatic heterocycles. The summed E-state index contributed by atoms with van der Waals surface area (Å²) in [6.07, 6.45) is 3.30. The molecule has 80 heavy (non-hydrogen) atoms. The maximum atomic E-state index is 14.4. The molecule has 0 bridgehead atoms. The molecule has 0 aliphatic carbocycles. The smallest absolute Gasteiger partial charge is 0.370 e. The monoisotopic (exact) mass is 1160 g/mol. The number of rotatable bonds is 35. The van der Waals surface area contributed by atoms with E-state index in [0.717, 1.165) is 6.92 Å². The third-order valence-corrected chi connectivity index (χ3v) is 14.5. The highest BCUT2D eigenvalue weighted by Gasteiger charge is 2.45. The SMILES string of the molecule is CC(C)[C@H](NC(=O)[C@H](C)NC(=O)[C@@H](NC(=O)[C@H](CCCCN)NC(=O)[C@@H](N)CCCCN)C(C)C)C(=O)N[C@H](C(=O)N[C@@H](CCCN=C(N)N)C(=O)N[C@H](C(=O)N1CCC[C@H]1C(=O)N1CCC[C@H]1C=O)[C@@H](C)OP(=O)(O)O)C(C)C. The largest absolute Gasteiger partial charge is 0.469 e. The summed E-state index contributed by atoms with van der Waals surface area (Å²) in [4.78, 5) is 163. The second kappa shape index (κ2) is 34.4. The third-order valence-electron chi connectivity index (χ3n) is 13.9. The molecule has 9 amide bonds. The number of unbranched alkanes of at least 4 members (excludes halogenated alkanes) is 2. The van der Waals surface area contributed by atoms with Crippen LogP contribution in [0.25, 0.3) is 0 Å². The molecule has 0 radical (unpaired) electrons. The Morgan fingerprint density at radius 2 is 1.05 bits per heavy atom. The van der Waals surface area contributed by atoms with Crippen molar-refractivity contribution in [2.75, 3.05) is 32.7 Å². The van der Waals surface area contributed by atoms with Gasteiger partial charge in [-0.1, -0.05) is 48.0 Å². The Bertz CT molecular complexity index is 2180. The number of likely N-dealkylation sites (tertiary alicyclic amines) is 2. The second-order valence-electron chi connectivity index (χ2n) is 21.5. The van der Waals surface area contributed by atoms with Crippen LogP contribution in [0.2, 0.25) is 0 Å². The molecule has 2 aliphatic rings. The van der Waals surface area contributed by atoms with Gasteiger partial charge in [-0.25, -0.2) is 4.57 Å². The molecule has 0 saturated carbocycles. The van der Waals surface area contributed by atoms with E-state index < -0.39 is 145 Å². The maximum Gasteiger partial charge on any atom is 0.469 e. The highest BCUT2D eigenvalue weighted by atomic mass is 31.2. The van der Waals surface area contributed by atoms with Crippen LogP contribution < -0.4 is 65.9 Å². The molecule has 30 heteroatoms. The van der Waals surface area contributed by atoms with E-state index in [2.05, 4.69) is 42.2 Å². The minimum atomic E-state index is -5.30. The van der Waals surface area contributed by atoms with Crippen molar-refractivity contribution in [1.29, 1.82) is 0 Å². The minimum Gasteiger partial charge on any atom is -0.370 e. The zero-order valence-corrected chi connectivity index (χ0v) is 48.5. The van der Waals surface area contributed by atoms with Crippen LogP contribution in [0.4, 0.5) is 0 Å². The van der Waals surface area contributed by atoms with Gasteiger partial charge in [0.1, 0.15) is 54.6 Å². The van der Waals surface area contributed by atoms with Crippen molar-refractivity contribution in [3.8, 4) is 0 Å². The summed E-state index contributed by atoms with van der Waals surface area (Å²) in [7, 11) is -5.30. The quantitative estimate of drug-likeness (QED) is 0.00971. The van der Waals surface area contributed by atoms with E-state index in [9.17, 15) is 62.3 Å². The van der Waals surface area contributed by atoms with Crippen molar-refractivity contribution in [2.24, 2.45) is 51.4 Å². The van der Waals surface area contributed by atoms with Gasteiger partial charge >= 0.3 is 7.82 Å². The minimum absolute atomic E-state index is 0.0223. The van der Waals surface area contributed by atoms with Gasteiger partial charge in [0.2, 0.25) is 53.2 Å². The van der Waals surface area contributed by atoms with Crippen molar-refractivity contribution in [3.63, 3.8) is 0 Å². The van der Waals surface area contributed by atoms with Gasteiger partial charge in [-0.2, -0.15) is 0 Å². The fraction of sp³-hybridized carbons (Fsp3) is 0.780. The number of amides is 9. The molecule has 0 aromatic heterocycles. The molecule has 2 saturated heterocycles. The van der Waals surface area contributed by atoms with E-state index in [4.69, 9.17) is 33.2 Å². The second-order valence-corrected chi connectivity index (χ2v) is 22.7. The molecule has 11 atom stereocenters. The zero-order valence-electron chi connectivity index (χ0n) is 47.7. The number of phosphoric acid groups is 1. The Morgan fingerprint density at radius 1 is 0.600 bits per heavy atom. The lowest BCUT2D eigenvalue weighted by Crippen LogP contribution is -2.62. The average molecular weight is 1160 g/mol. The van der Waals surface area contributed by atoms with Crippen LogP contribution in [0.15, 0.2) is 4.99 Å². The van der Waals surface area contributed by atoms with Gasteiger partial charge in [0, 0.05) is 19.6 Å². The number of carbonyl (C=O) groups excluding carboxylic acids is 10. The van der Waals surface area contributed by atoms with Crippen molar-refractivity contribution in [1.82, 2.24) is 47.0 Å². The van der Waals surface area contributed by atoms with Gasteiger partial charge < -0.3 is 90.3 Å². The summed E-state index contributed by atoms with van der Waals surface area (Å²) in [5.74, 6) is -8.90. The number of nitrogens with zero attached hydrogens (tertiary/aromatic N) is 3. The Morgan fingerprint density at radius 3 is 1.56 bits per heavy atom. The Kier molecular flexibility index (Phi) is 30.3. The summed E-state index contributed by atoms with van der Waals surface area (Å²) in [5, 5.41) is 18.3. The lowest BCUT2D eigenvalue weighted by molar-refractivity contribution is -0.148. The Labute approximate surface area is 468 Å². The topological polar surface area (TPSA) is 471 Å². The van der Waals surface area contributed by atoms with Crippen LogP contribution in [0.3, 0.4) is 0 Å². The van der Waals surface area contributed by atoms with Crippen molar-refractivity contribution < 1.29 is 66.8 Å². The first kappa shape index (κ1) is 70.3. The number of phosphoric ester groups is 1. The number of aliphatic imine (C=N–C) groups is 1. The van der Waals surface area contributed by atoms with E-state index in [1.165, 1.54) is 16.7 Å². The first-order chi connectivity index (χ1) is 37.5. The van der Waals surface area contributed by atoms with E-state index in [1.54, 1.807) is 41.5 Å². The Hall–Kier alpha value is -5.84. The summed E-state index contributed by atoms with van der Waals surface area (Å²) < 4.78 is 17.0. The number of aldehydes is 1. The molecule has 0 unspecified atom stereocenters. The number of carbonyl (C=O) groups is 10. The van der Waals surface area contributed by atoms with Crippen LogP contribution in [-0.2, 0) is 57.0 Å². The summed E-state index contributed by atoms with van der Waals surface area (Å²) in [6.45, 7) is 13.4. The number of nitrogens with one attached hydrogen (secondary N) is 7. The summed E-state index contributed by atoms with van der Waals surface area (Å²) >= 11 is 0. The predicted molar refractivity (Wildman–Crippen MR) is 296 cm³/mol. The molecular formula is C50H92N15O14P. The molecule has 456 valence electrons. The van der Waals surface area contributed by atoms with Gasteiger partial charge in [0.25, 0.3) is 0 Å². The first-order valence-electron chi connectivity index (χ1n) is 27.6. The van der Waals surface area contributed by atoms with Crippen molar-refractivity contribution in [3.05, 3.63) is 0 Å². The fourth-order valence-electron chi connectivity index (χ4n) is 9.24. The molecule has 0 aromatic rings. The molecule has 0 spiro atoms. The van der Waals surface area contributed by atoms with E-state index >= 15 is 0 Å². The molecule has 19 N–H and O–H groups in total. The van der Waals surface area contributed by atoms with Crippen molar-refractivity contribution in [2.45, 2.75) is 199 Å². The fourth-order valence-corrected chi connectivity index (χ4v) is 9.79. The van der Waals surface area contributed by atoms with E-state index in [-0.39, 0.29) is 51.3 Å². The van der Waals surface area contributed by atoms with Crippen LogP contribution in [0.5, 0.6) is 0 Å². The van der Waals surface area contributed by atoms with Gasteiger partial charge in [-0.15, -0.1) is 0 Å². The van der Waals surface area contributed by atoms with Gasteiger partial charge in [-0.05, 0) is 115 Å². The number of hydrogen-bond acceptors (Lipinski definition) is 16. The zero-order chi connectivity index (χ0) is 60.6. The van der Waals surface area contributed by atoms with Gasteiger partial charge in [0.15, 0.2) is 5.96 Å². The molecule has 2 fully saturated rings. The van der Waals surface area contributed by atoms with E-state index in [1.807, 2.05) is 0 Å². The van der Waals surface area contributed by atoms with Crippen LogP contribution >= 0.6 is 7.82 Å². The first-order valence-corrected chi connectivity index (χ1v) is 29.2. The third kappa shape index (κ3) is 23.0. The van der Waals surface area contributed by atoms with Gasteiger partial charge in [-0.3, -0.25) is 52.7 Å². The number of guanidine groups is 1. The van der Waals surface area contributed by atoms with Gasteiger partial charge in [0.05, 0.1) is 18.2 Å². The van der Waals surface area contributed by atoms with Crippen LogP contribution in [0, 0.1) is 17.8 Å². The number of nitrogens with two attached hydrogens (primary N) is 5. The molecular weight excluding hydrogens is 1070 g/mol. The highest BCUT2D eigenvalue weighted by molar-refractivity contribution is 7.46. The number of hydrogen-bond donors (Lipinski definition) is 14. The summed E-state index contributed by atoms with van der Waals surface area (Å²) in [5.41, 5.74) is 28.3. The maximum absolute atomic E-state index is 14.4. The molecule has 2 rings (SSSR count). The standard InChI is InChI=1S/C50H92N15O14P/c1-27(2)37(61-43(69)34(18-10-12-22-52)58-42(68)33(53)17-9-11-21-51)45(71)57-30(7)41(67)60-39(29(5)6)47(73)62-38(28(3)4)46(72)59-35(19-13-23-56-50(54)55)44(70)63-40(31(8)79-80(76,77)78)49(75)65-25-15-20-36(65)48(74)64-24-14-16-32(64)26-66/h26-40H,9-25,51-53H2,1-8H3,(H,57,71)(H,58,68)(H,59,72)(H,60,67)(H,61,69)(H,62,73)(H,63,70)(H4,54,55,56)(H2,76,77,78)/t30-,31+,32-,33-,34-,35-,36-,37-,38-,39-,40-/m0/s1. The van der Waals surface area contributed by atoms with Crippen LogP contribution in [-0.4, -0.2) is 184 Å². The molecule has 29 nitrogen and oxygen atoms in total. The molecule has 0 aromatic carbocycles. The predicted octanol–water partition coefficient (Wildman–Crippen LogP) is -3.31. The normalized spacial score (nSPS) is 18.9. The Balaban J connectivity index is 2.34. The van der Waals surface area contributed by atoms with Crippen molar-refractivity contribution >= 4 is 73.2 Å². The van der Waals surface area contributed by atoms with Crippen LogP contribution in [0.1, 0.15) is 132 Å².